The van der Waals surface area contributed by atoms with Crippen LogP contribution in [0, 0.1) is 0 Å². The van der Waals surface area contributed by atoms with E-state index in [1.807, 2.05) is 38.3 Å². The summed E-state index contributed by atoms with van der Waals surface area (Å²) in [5.41, 5.74) is 1.09. The number of amides is 1. The maximum Gasteiger partial charge on any atom is 0.234 e. The number of aromatic nitrogens is 2. The van der Waals surface area contributed by atoms with Crippen LogP contribution < -0.4 is 5.32 Å². The molecule has 2 atom stereocenters. The van der Waals surface area contributed by atoms with E-state index in [4.69, 9.17) is 0 Å². The summed E-state index contributed by atoms with van der Waals surface area (Å²) in [5.74, 6) is 0.0126. The van der Waals surface area contributed by atoms with Gasteiger partial charge in [0.2, 0.25) is 5.91 Å². The van der Waals surface area contributed by atoms with Gasteiger partial charge in [-0.1, -0.05) is 0 Å². The zero-order chi connectivity index (χ0) is 16.1. The van der Waals surface area contributed by atoms with Crippen molar-refractivity contribution in [2.75, 3.05) is 33.2 Å². The molecule has 1 saturated heterocycles. The first kappa shape index (κ1) is 16.9. The summed E-state index contributed by atoms with van der Waals surface area (Å²) in [7, 11) is 3.78. The number of carbonyl (C=O) groups is 1. The lowest BCUT2D eigenvalue weighted by molar-refractivity contribution is -0.122. The third-order valence-electron chi connectivity index (χ3n) is 3.93. The predicted octanol–water partition coefficient (Wildman–Crippen LogP) is 0.400. The lowest BCUT2D eigenvalue weighted by Crippen LogP contribution is -2.42. The number of alkyl halides is 1. The Morgan fingerprint density at radius 3 is 3.00 bits per heavy atom. The summed E-state index contributed by atoms with van der Waals surface area (Å²) in [6, 6.07) is 0.134. The topological polar surface area (TPSA) is 53.4 Å². The quantitative estimate of drug-likeness (QED) is 0.792. The maximum atomic E-state index is 13.8. The van der Waals surface area contributed by atoms with Crippen molar-refractivity contribution in [1.29, 1.82) is 0 Å². The van der Waals surface area contributed by atoms with E-state index in [-0.39, 0.29) is 11.9 Å². The van der Waals surface area contributed by atoms with Crippen molar-refractivity contribution in [1.82, 2.24) is 24.9 Å². The van der Waals surface area contributed by atoms with Gasteiger partial charge in [-0.25, -0.2) is 4.39 Å². The molecule has 124 valence electrons. The number of halogens is 1. The first-order chi connectivity index (χ1) is 10.5. The van der Waals surface area contributed by atoms with E-state index >= 15 is 0 Å². The van der Waals surface area contributed by atoms with Crippen LogP contribution in [0.5, 0.6) is 0 Å². The Balaban J connectivity index is 1.88. The van der Waals surface area contributed by atoms with Gasteiger partial charge in [0, 0.05) is 51.0 Å². The summed E-state index contributed by atoms with van der Waals surface area (Å²) < 4.78 is 15.6. The molecule has 0 radical (unpaired) electrons. The molecule has 1 N–H and O–H groups in total. The predicted molar refractivity (Wildman–Crippen MR) is 83.1 cm³/mol. The molecule has 0 aliphatic carbocycles. The first-order valence-corrected chi connectivity index (χ1v) is 7.78. The van der Waals surface area contributed by atoms with E-state index in [9.17, 15) is 9.18 Å². The Morgan fingerprint density at radius 2 is 2.36 bits per heavy atom. The van der Waals surface area contributed by atoms with Crippen LogP contribution in [0.2, 0.25) is 0 Å². The van der Waals surface area contributed by atoms with Crippen molar-refractivity contribution in [2.24, 2.45) is 7.05 Å². The van der Waals surface area contributed by atoms with Gasteiger partial charge < -0.3 is 5.32 Å². The molecule has 1 aliphatic rings. The zero-order valence-electron chi connectivity index (χ0n) is 13.6. The standard InChI is InChI=1S/C15H26FN5O/c1-4-17-15(22)11-19(2)10-14-5-13(16)9-21(14)8-12-6-18-20(3)7-12/h6-7,13-14H,4-5,8-11H2,1-3H3,(H,17,22)/t13-,14-/m0/s1. The minimum atomic E-state index is -0.792. The molecule has 1 fully saturated rings. The van der Waals surface area contributed by atoms with E-state index < -0.39 is 6.17 Å². The zero-order valence-corrected chi connectivity index (χ0v) is 13.6. The number of rotatable bonds is 7. The SMILES string of the molecule is CCNC(=O)CN(C)C[C@@H]1C[C@H](F)CN1Cc1cnn(C)c1. The number of likely N-dealkylation sites (tertiary alicyclic amines) is 1. The Bertz CT molecular complexity index is 492. The van der Waals surface area contributed by atoms with Gasteiger partial charge in [0.25, 0.3) is 0 Å². The summed E-state index contributed by atoms with van der Waals surface area (Å²) in [5, 5.41) is 6.94. The molecule has 1 aromatic heterocycles. The second kappa shape index (κ2) is 7.69. The Hall–Kier alpha value is -1.47. The summed E-state index contributed by atoms with van der Waals surface area (Å²) in [4.78, 5) is 15.7. The molecule has 1 amide bonds. The molecule has 0 unspecified atom stereocenters. The average Bonchev–Trinajstić information content (AvgIpc) is 2.96. The highest BCUT2D eigenvalue weighted by Gasteiger charge is 2.33. The molecule has 0 spiro atoms. The van der Waals surface area contributed by atoms with Crippen LogP contribution in [0.4, 0.5) is 4.39 Å². The molecule has 22 heavy (non-hydrogen) atoms. The summed E-state index contributed by atoms with van der Waals surface area (Å²) >= 11 is 0. The lowest BCUT2D eigenvalue weighted by atomic mass is 10.2. The fourth-order valence-electron chi connectivity index (χ4n) is 3.02. The van der Waals surface area contributed by atoms with Crippen molar-refractivity contribution in [3.63, 3.8) is 0 Å². The molecule has 2 heterocycles. The van der Waals surface area contributed by atoms with Crippen molar-refractivity contribution < 1.29 is 9.18 Å². The number of nitrogens with zero attached hydrogens (tertiary/aromatic N) is 4. The second-order valence-corrected chi connectivity index (χ2v) is 6.09. The fourth-order valence-corrected chi connectivity index (χ4v) is 3.02. The highest BCUT2D eigenvalue weighted by atomic mass is 19.1. The van der Waals surface area contributed by atoms with Crippen molar-refractivity contribution in [2.45, 2.75) is 32.1 Å². The van der Waals surface area contributed by atoms with Gasteiger partial charge in [0.05, 0.1) is 12.7 Å². The van der Waals surface area contributed by atoms with Crippen LogP contribution in [-0.2, 0) is 18.4 Å². The largest absolute Gasteiger partial charge is 0.355 e. The molecule has 7 heteroatoms. The minimum Gasteiger partial charge on any atom is -0.355 e. The molecule has 1 aromatic rings. The second-order valence-electron chi connectivity index (χ2n) is 6.09. The molecular formula is C15H26FN5O. The van der Waals surface area contributed by atoms with Gasteiger partial charge in [0.1, 0.15) is 6.17 Å². The van der Waals surface area contributed by atoms with Crippen LogP contribution in [0.15, 0.2) is 12.4 Å². The normalized spacial score (nSPS) is 22.4. The third kappa shape index (κ3) is 4.78. The molecule has 0 aromatic carbocycles. The van der Waals surface area contributed by atoms with E-state index in [1.54, 1.807) is 4.68 Å². The monoisotopic (exact) mass is 311 g/mol. The van der Waals surface area contributed by atoms with Crippen LogP contribution in [0.3, 0.4) is 0 Å². The molecular weight excluding hydrogens is 285 g/mol. The third-order valence-corrected chi connectivity index (χ3v) is 3.93. The molecule has 1 aliphatic heterocycles. The number of likely N-dealkylation sites (N-methyl/N-ethyl adjacent to an activating group) is 2. The van der Waals surface area contributed by atoms with E-state index in [0.717, 1.165) is 5.56 Å². The van der Waals surface area contributed by atoms with Crippen LogP contribution in [0.25, 0.3) is 0 Å². The first-order valence-electron chi connectivity index (χ1n) is 7.78. The Kier molecular flexibility index (Phi) is 5.90. The Morgan fingerprint density at radius 1 is 1.59 bits per heavy atom. The molecule has 2 rings (SSSR count). The van der Waals surface area contributed by atoms with E-state index in [1.165, 1.54) is 0 Å². The summed E-state index contributed by atoms with van der Waals surface area (Å²) in [6.45, 7) is 4.73. The summed E-state index contributed by atoms with van der Waals surface area (Å²) in [6.07, 6.45) is 3.52. The minimum absolute atomic E-state index is 0.0126. The van der Waals surface area contributed by atoms with E-state index in [0.29, 0.717) is 39.1 Å². The average molecular weight is 311 g/mol. The van der Waals surface area contributed by atoms with Gasteiger partial charge in [-0.3, -0.25) is 19.3 Å². The smallest absolute Gasteiger partial charge is 0.234 e. The van der Waals surface area contributed by atoms with Crippen molar-refractivity contribution in [3.05, 3.63) is 18.0 Å². The van der Waals surface area contributed by atoms with E-state index in [2.05, 4.69) is 15.3 Å². The van der Waals surface area contributed by atoms with Gasteiger partial charge in [-0.2, -0.15) is 5.10 Å². The van der Waals surface area contributed by atoms with Gasteiger partial charge in [0.15, 0.2) is 0 Å². The van der Waals surface area contributed by atoms with Gasteiger partial charge in [-0.05, 0) is 20.4 Å². The maximum absolute atomic E-state index is 13.8. The number of carbonyl (C=O) groups excluding carboxylic acids is 1. The van der Waals surface area contributed by atoms with Crippen molar-refractivity contribution >= 4 is 5.91 Å². The number of hydrogen-bond acceptors (Lipinski definition) is 4. The molecule has 0 saturated carbocycles. The molecule has 6 nitrogen and oxygen atoms in total. The van der Waals surface area contributed by atoms with Crippen LogP contribution in [0.1, 0.15) is 18.9 Å². The fraction of sp³-hybridized carbons (Fsp3) is 0.733. The Labute approximate surface area is 131 Å². The highest BCUT2D eigenvalue weighted by molar-refractivity contribution is 5.77. The number of aryl methyl sites for hydroxylation is 1. The van der Waals surface area contributed by atoms with Crippen LogP contribution in [-0.4, -0.2) is 70.9 Å². The number of nitrogens with one attached hydrogen (secondary N) is 1. The molecule has 0 bridgehead atoms. The number of hydrogen-bond donors (Lipinski definition) is 1. The van der Waals surface area contributed by atoms with Gasteiger partial charge >= 0.3 is 0 Å². The van der Waals surface area contributed by atoms with Gasteiger partial charge in [-0.15, -0.1) is 0 Å². The van der Waals surface area contributed by atoms with Crippen molar-refractivity contribution in [3.8, 4) is 0 Å². The highest BCUT2D eigenvalue weighted by Crippen LogP contribution is 2.23. The lowest BCUT2D eigenvalue weighted by Gasteiger charge is -2.27. The van der Waals surface area contributed by atoms with Crippen LogP contribution >= 0.6 is 0 Å².